The van der Waals surface area contributed by atoms with E-state index in [-0.39, 0.29) is 5.91 Å². The van der Waals surface area contributed by atoms with Crippen LogP contribution in [0.5, 0.6) is 0 Å². The zero-order valence-corrected chi connectivity index (χ0v) is 15.2. The Hall–Kier alpha value is -2.74. The molecular weight excluding hydrogens is 344 g/mol. The number of aromatic nitrogens is 3. The highest BCUT2D eigenvalue weighted by Gasteiger charge is 2.23. The Morgan fingerprint density at radius 2 is 1.96 bits per heavy atom. The van der Waals surface area contributed by atoms with E-state index >= 15 is 0 Å². The van der Waals surface area contributed by atoms with Crippen molar-refractivity contribution in [1.29, 1.82) is 0 Å². The summed E-state index contributed by atoms with van der Waals surface area (Å²) in [5.41, 5.74) is 1.53. The molecule has 0 aromatic carbocycles. The van der Waals surface area contributed by atoms with Gasteiger partial charge in [-0.05, 0) is 25.0 Å². The van der Waals surface area contributed by atoms with E-state index in [1.54, 1.807) is 24.5 Å². The Kier molecular flexibility index (Phi) is 5.43. The first-order chi connectivity index (χ1) is 13.3. The molecule has 27 heavy (non-hydrogen) atoms. The van der Waals surface area contributed by atoms with Crippen LogP contribution in [0.1, 0.15) is 28.9 Å². The maximum atomic E-state index is 12.2. The molecule has 2 aliphatic rings. The molecule has 0 unspecified atom stereocenters. The summed E-state index contributed by atoms with van der Waals surface area (Å²) in [7, 11) is 0. The van der Waals surface area contributed by atoms with Crippen LogP contribution in [0.2, 0.25) is 0 Å². The molecule has 0 spiro atoms. The predicted octanol–water partition coefficient (Wildman–Crippen LogP) is 1.25. The molecule has 1 saturated carbocycles. The van der Waals surface area contributed by atoms with E-state index in [1.807, 2.05) is 6.07 Å². The Morgan fingerprint density at radius 1 is 1.19 bits per heavy atom. The molecule has 4 rings (SSSR count). The standard InChI is InChI=1S/C19H24N6O2/c26-18(14-3-6-20-7-4-14)21-8-5-16-13-17(25-9-11-27-12-10-25)24-19(23-16)22-15-1-2-15/h3-4,6-7,13,15H,1-2,5,8-12H2,(H,21,26)(H,22,23,24). The third-order valence-corrected chi connectivity index (χ3v) is 4.62. The van der Waals surface area contributed by atoms with Crippen LogP contribution < -0.4 is 15.5 Å². The van der Waals surface area contributed by atoms with Crippen LogP contribution in [0.15, 0.2) is 30.6 Å². The van der Waals surface area contributed by atoms with E-state index in [4.69, 9.17) is 4.74 Å². The van der Waals surface area contributed by atoms with E-state index < -0.39 is 0 Å². The minimum Gasteiger partial charge on any atom is -0.378 e. The van der Waals surface area contributed by atoms with Gasteiger partial charge < -0.3 is 20.3 Å². The van der Waals surface area contributed by atoms with Gasteiger partial charge in [-0.3, -0.25) is 9.78 Å². The number of nitrogens with one attached hydrogen (secondary N) is 2. The lowest BCUT2D eigenvalue weighted by Gasteiger charge is -2.28. The molecule has 1 aliphatic heterocycles. The van der Waals surface area contributed by atoms with Gasteiger partial charge in [-0.25, -0.2) is 4.98 Å². The summed E-state index contributed by atoms with van der Waals surface area (Å²) in [4.78, 5) is 27.6. The average Bonchev–Trinajstić information content (AvgIpc) is 3.53. The maximum absolute atomic E-state index is 12.2. The number of hydrogen-bond acceptors (Lipinski definition) is 7. The van der Waals surface area contributed by atoms with E-state index in [2.05, 4.69) is 30.5 Å². The van der Waals surface area contributed by atoms with E-state index in [0.29, 0.717) is 43.7 Å². The summed E-state index contributed by atoms with van der Waals surface area (Å²) in [6.07, 6.45) is 6.22. The molecule has 2 aromatic rings. The first-order valence-corrected chi connectivity index (χ1v) is 9.43. The molecule has 2 aromatic heterocycles. The number of amides is 1. The zero-order chi connectivity index (χ0) is 18.5. The minimum atomic E-state index is -0.101. The summed E-state index contributed by atoms with van der Waals surface area (Å²) in [5, 5.41) is 6.32. The fourth-order valence-electron chi connectivity index (χ4n) is 2.95. The Morgan fingerprint density at radius 3 is 2.70 bits per heavy atom. The molecule has 0 atom stereocenters. The lowest BCUT2D eigenvalue weighted by atomic mass is 10.2. The highest BCUT2D eigenvalue weighted by atomic mass is 16.5. The second kappa shape index (κ2) is 8.30. The second-order valence-electron chi connectivity index (χ2n) is 6.80. The first kappa shape index (κ1) is 17.7. The smallest absolute Gasteiger partial charge is 0.251 e. The number of rotatable bonds is 7. The Bertz CT molecular complexity index is 775. The monoisotopic (exact) mass is 368 g/mol. The van der Waals surface area contributed by atoms with Crippen LogP contribution in [-0.2, 0) is 11.2 Å². The number of anilines is 2. The number of ether oxygens (including phenoxy) is 1. The van der Waals surface area contributed by atoms with Crippen LogP contribution in [0.4, 0.5) is 11.8 Å². The molecule has 2 N–H and O–H groups in total. The summed E-state index contributed by atoms with van der Waals surface area (Å²) in [6, 6.07) is 5.91. The van der Waals surface area contributed by atoms with Gasteiger partial charge in [-0.15, -0.1) is 0 Å². The van der Waals surface area contributed by atoms with E-state index in [1.165, 1.54) is 12.8 Å². The van der Waals surface area contributed by atoms with Crippen molar-refractivity contribution < 1.29 is 9.53 Å². The van der Waals surface area contributed by atoms with Crippen molar-refractivity contribution in [2.75, 3.05) is 43.1 Å². The molecule has 1 saturated heterocycles. The van der Waals surface area contributed by atoms with Gasteiger partial charge in [0.2, 0.25) is 5.95 Å². The van der Waals surface area contributed by atoms with Crippen LogP contribution in [-0.4, -0.2) is 59.7 Å². The number of carbonyl (C=O) groups is 1. The van der Waals surface area contributed by atoms with Crippen LogP contribution >= 0.6 is 0 Å². The molecule has 8 nitrogen and oxygen atoms in total. The van der Waals surface area contributed by atoms with Gasteiger partial charge in [0.25, 0.3) is 5.91 Å². The van der Waals surface area contributed by atoms with Crippen molar-refractivity contribution in [3.05, 3.63) is 41.9 Å². The van der Waals surface area contributed by atoms with E-state index in [0.717, 1.165) is 24.6 Å². The summed E-state index contributed by atoms with van der Waals surface area (Å²) in [5.74, 6) is 1.50. The van der Waals surface area contributed by atoms with Crippen molar-refractivity contribution in [2.45, 2.75) is 25.3 Å². The van der Waals surface area contributed by atoms with Crippen LogP contribution in [0, 0.1) is 0 Å². The normalized spacial score (nSPS) is 16.8. The summed E-state index contributed by atoms with van der Waals surface area (Å²) in [6.45, 7) is 3.61. The van der Waals surface area contributed by atoms with Crippen molar-refractivity contribution in [3.63, 3.8) is 0 Å². The van der Waals surface area contributed by atoms with Crippen molar-refractivity contribution in [2.24, 2.45) is 0 Å². The highest BCUT2D eigenvalue weighted by molar-refractivity contribution is 5.93. The largest absolute Gasteiger partial charge is 0.378 e. The molecule has 1 aliphatic carbocycles. The molecule has 0 radical (unpaired) electrons. The van der Waals surface area contributed by atoms with Gasteiger partial charge in [-0.1, -0.05) is 0 Å². The number of nitrogens with zero attached hydrogens (tertiary/aromatic N) is 4. The number of hydrogen-bond donors (Lipinski definition) is 2. The highest BCUT2D eigenvalue weighted by Crippen LogP contribution is 2.24. The van der Waals surface area contributed by atoms with Crippen LogP contribution in [0.3, 0.4) is 0 Å². The van der Waals surface area contributed by atoms with Crippen LogP contribution in [0.25, 0.3) is 0 Å². The molecule has 1 amide bonds. The molecule has 0 bridgehead atoms. The quantitative estimate of drug-likeness (QED) is 0.760. The average molecular weight is 368 g/mol. The van der Waals surface area contributed by atoms with Gasteiger partial charge in [-0.2, -0.15) is 4.98 Å². The van der Waals surface area contributed by atoms with Crippen molar-refractivity contribution in [3.8, 4) is 0 Å². The third kappa shape index (κ3) is 4.91. The zero-order valence-electron chi connectivity index (χ0n) is 15.2. The Labute approximate surface area is 158 Å². The fourth-order valence-corrected chi connectivity index (χ4v) is 2.95. The number of morpholine rings is 1. The SMILES string of the molecule is O=C(NCCc1cc(N2CCOCC2)nc(NC2CC2)n1)c1ccncc1. The van der Waals surface area contributed by atoms with Gasteiger partial charge in [0.1, 0.15) is 5.82 Å². The lowest BCUT2D eigenvalue weighted by Crippen LogP contribution is -2.37. The van der Waals surface area contributed by atoms with Gasteiger partial charge in [0.15, 0.2) is 0 Å². The van der Waals surface area contributed by atoms with Crippen molar-refractivity contribution in [1.82, 2.24) is 20.3 Å². The summed E-state index contributed by atoms with van der Waals surface area (Å²) >= 11 is 0. The maximum Gasteiger partial charge on any atom is 0.251 e. The predicted molar refractivity (Wildman–Crippen MR) is 102 cm³/mol. The summed E-state index contributed by atoms with van der Waals surface area (Å²) < 4.78 is 5.44. The second-order valence-corrected chi connectivity index (χ2v) is 6.80. The number of pyridine rings is 1. The third-order valence-electron chi connectivity index (χ3n) is 4.62. The molecule has 8 heteroatoms. The van der Waals surface area contributed by atoms with Gasteiger partial charge in [0.05, 0.1) is 13.2 Å². The van der Waals surface area contributed by atoms with Gasteiger partial charge in [0, 0.05) is 61.8 Å². The van der Waals surface area contributed by atoms with E-state index in [9.17, 15) is 4.79 Å². The van der Waals surface area contributed by atoms with Crippen molar-refractivity contribution >= 4 is 17.7 Å². The molecular formula is C19H24N6O2. The first-order valence-electron chi connectivity index (χ1n) is 9.43. The Balaban J connectivity index is 1.41. The topological polar surface area (TPSA) is 92.3 Å². The lowest BCUT2D eigenvalue weighted by molar-refractivity contribution is 0.0954. The van der Waals surface area contributed by atoms with Gasteiger partial charge >= 0.3 is 0 Å². The fraction of sp³-hybridized carbons (Fsp3) is 0.474. The minimum absolute atomic E-state index is 0.101. The molecule has 3 heterocycles. The molecule has 2 fully saturated rings. The number of carbonyl (C=O) groups excluding carboxylic acids is 1. The molecule has 142 valence electrons.